The molecule has 196 valence electrons. The van der Waals surface area contributed by atoms with Crippen molar-refractivity contribution >= 4 is 47.3 Å². The molecule has 8 unspecified atom stereocenters. The van der Waals surface area contributed by atoms with E-state index in [4.69, 9.17) is 0 Å². The van der Waals surface area contributed by atoms with E-state index in [0.717, 1.165) is 9.80 Å². The van der Waals surface area contributed by atoms with Gasteiger partial charge in [-0.25, -0.2) is 4.39 Å². The van der Waals surface area contributed by atoms with Crippen molar-refractivity contribution in [2.75, 3.05) is 20.0 Å². The number of carbonyl (C=O) groups is 8. The molecule has 2 saturated carbocycles. The van der Waals surface area contributed by atoms with Crippen molar-refractivity contribution < 1.29 is 42.7 Å². The van der Waals surface area contributed by atoms with Crippen LogP contribution in [0.5, 0.6) is 0 Å². The summed E-state index contributed by atoms with van der Waals surface area (Å²) in [4.78, 5) is 108. The van der Waals surface area contributed by atoms with E-state index in [1.807, 2.05) is 0 Å². The van der Waals surface area contributed by atoms with Crippen LogP contribution in [0.25, 0.3) is 0 Å². The molecular weight excluding hydrogens is 491 g/mol. The van der Waals surface area contributed by atoms with Gasteiger partial charge in [0.25, 0.3) is 0 Å². The van der Waals surface area contributed by atoms with Crippen molar-refractivity contribution in [1.82, 2.24) is 19.6 Å². The van der Waals surface area contributed by atoms with Crippen LogP contribution in [0.4, 0.5) is 4.39 Å². The molecule has 13 heteroatoms. The third-order valence-corrected chi connectivity index (χ3v) is 11.2. The molecule has 0 radical (unpaired) electrons. The van der Waals surface area contributed by atoms with E-state index in [1.54, 1.807) is 6.92 Å². The second-order valence-corrected chi connectivity index (χ2v) is 11.5. The Labute approximate surface area is 210 Å². The highest BCUT2D eigenvalue weighted by Gasteiger charge is 2.96. The van der Waals surface area contributed by atoms with E-state index in [9.17, 15) is 42.7 Å². The Morgan fingerprint density at radius 1 is 0.541 bits per heavy atom. The van der Waals surface area contributed by atoms with Crippen LogP contribution in [-0.2, 0) is 38.4 Å². The summed E-state index contributed by atoms with van der Waals surface area (Å²) in [5, 5.41) is 0. The SMILES string of the molecule is CCN1C(=O)C2C(C1=O)C1C(=O)N(CN3C(=O)C4(C)C5(C)C(=O)N(CF)C(=O)C5(C)C4(C)C3=O)C(=O)C21. The van der Waals surface area contributed by atoms with Crippen LogP contribution < -0.4 is 0 Å². The zero-order valence-electron chi connectivity index (χ0n) is 20.9. The first-order valence-electron chi connectivity index (χ1n) is 12.1. The van der Waals surface area contributed by atoms with Crippen LogP contribution in [0.1, 0.15) is 34.6 Å². The summed E-state index contributed by atoms with van der Waals surface area (Å²) >= 11 is 0. The highest BCUT2D eigenvalue weighted by atomic mass is 19.1. The van der Waals surface area contributed by atoms with Crippen LogP contribution >= 0.6 is 0 Å². The number of fused-ring (bicyclic) bond motifs is 8. The molecule has 4 heterocycles. The predicted octanol–water partition coefficient (Wildman–Crippen LogP) is -1.12. The van der Waals surface area contributed by atoms with Gasteiger partial charge in [-0.2, -0.15) is 0 Å². The Balaban J connectivity index is 1.34. The third-order valence-electron chi connectivity index (χ3n) is 11.2. The van der Waals surface area contributed by atoms with Crippen LogP contribution in [0.2, 0.25) is 0 Å². The predicted molar refractivity (Wildman–Crippen MR) is 115 cm³/mol. The van der Waals surface area contributed by atoms with Gasteiger partial charge in [-0.3, -0.25) is 58.0 Å². The van der Waals surface area contributed by atoms with E-state index in [-0.39, 0.29) is 6.54 Å². The number of rotatable bonds is 4. The molecular formula is C24H25FN4O8. The molecule has 6 aliphatic rings. The quantitative estimate of drug-likeness (QED) is 0.337. The third kappa shape index (κ3) is 1.83. The summed E-state index contributed by atoms with van der Waals surface area (Å²) in [6.07, 6.45) is 0. The lowest BCUT2D eigenvalue weighted by atomic mass is 9.27. The van der Waals surface area contributed by atoms with Crippen molar-refractivity contribution in [2.24, 2.45) is 45.3 Å². The maximum atomic E-state index is 13.8. The Morgan fingerprint density at radius 2 is 0.838 bits per heavy atom. The van der Waals surface area contributed by atoms with Gasteiger partial charge < -0.3 is 0 Å². The second-order valence-electron chi connectivity index (χ2n) is 11.5. The first kappa shape index (κ1) is 23.9. The molecule has 12 nitrogen and oxygen atoms in total. The first-order valence-corrected chi connectivity index (χ1v) is 12.1. The van der Waals surface area contributed by atoms with E-state index in [1.165, 1.54) is 27.7 Å². The lowest BCUT2D eigenvalue weighted by Gasteiger charge is -2.67. The standard InChI is InChI=1S/C24H25FN4O8/c1-6-26-13(30)9-10(14(26)31)12-11(9)15(32)28(16(12)33)8-29-19(36)23(4)21(2)17(34)27(7-25)18(35)22(21,3)24(23,5)20(29)37/h9-12H,6-8H2,1-5H3. The number of halogens is 1. The second kappa shape index (κ2) is 6.30. The molecule has 8 amide bonds. The van der Waals surface area contributed by atoms with Crippen LogP contribution in [0.3, 0.4) is 0 Å². The molecule has 37 heavy (non-hydrogen) atoms. The molecule has 2 aliphatic carbocycles. The molecule has 4 saturated heterocycles. The summed E-state index contributed by atoms with van der Waals surface area (Å²) in [6, 6.07) is 0. The van der Waals surface area contributed by atoms with Gasteiger partial charge in [0.05, 0.1) is 45.3 Å². The first-order chi connectivity index (χ1) is 17.2. The number of alkyl halides is 1. The minimum atomic E-state index is -1.74. The fraction of sp³-hybridized carbons (Fsp3) is 0.667. The van der Waals surface area contributed by atoms with E-state index >= 15 is 0 Å². The highest BCUT2D eigenvalue weighted by molar-refractivity contribution is 6.25. The smallest absolute Gasteiger partial charge is 0.239 e. The molecule has 8 atom stereocenters. The maximum absolute atomic E-state index is 13.8. The fourth-order valence-electron chi connectivity index (χ4n) is 8.66. The van der Waals surface area contributed by atoms with Gasteiger partial charge in [0, 0.05) is 6.54 Å². The summed E-state index contributed by atoms with van der Waals surface area (Å²) in [5.41, 5.74) is -6.93. The highest BCUT2D eigenvalue weighted by Crippen LogP contribution is 2.84. The maximum Gasteiger partial charge on any atom is 0.239 e. The van der Waals surface area contributed by atoms with Gasteiger partial charge in [0.2, 0.25) is 47.3 Å². The van der Waals surface area contributed by atoms with Crippen molar-refractivity contribution in [3.05, 3.63) is 0 Å². The summed E-state index contributed by atoms with van der Waals surface area (Å²) < 4.78 is 13.6. The van der Waals surface area contributed by atoms with Crippen molar-refractivity contribution in [3.63, 3.8) is 0 Å². The van der Waals surface area contributed by atoms with Crippen molar-refractivity contribution in [1.29, 1.82) is 0 Å². The van der Waals surface area contributed by atoms with Gasteiger partial charge in [-0.15, -0.1) is 0 Å². The fourth-order valence-corrected chi connectivity index (χ4v) is 8.66. The molecule has 6 rings (SSSR count). The van der Waals surface area contributed by atoms with Gasteiger partial charge in [0.15, 0.2) is 6.80 Å². The summed E-state index contributed by atoms with van der Waals surface area (Å²) in [6.45, 7) is 5.07. The monoisotopic (exact) mass is 516 g/mol. The number of hydrogen-bond donors (Lipinski definition) is 0. The summed E-state index contributed by atoms with van der Waals surface area (Å²) in [5.74, 6) is -10.0. The zero-order valence-corrected chi connectivity index (χ0v) is 20.9. The lowest BCUT2D eigenvalue weighted by molar-refractivity contribution is -0.243. The topological polar surface area (TPSA) is 150 Å². The van der Waals surface area contributed by atoms with E-state index < -0.39 is 106 Å². The number of nitrogens with zero attached hydrogens (tertiary/aromatic N) is 4. The minimum absolute atomic E-state index is 0.124. The largest absolute Gasteiger partial charge is 0.282 e. The van der Waals surface area contributed by atoms with Gasteiger partial charge >= 0.3 is 0 Å². The van der Waals surface area contributed by atoms with Crippen molar-refractivity contribution in [2.45, 2.75) is 34.6 Å². The molecule has 0 aromatic rings. The zero-order chi connectivity index (χ0) is 27.4. The van der Waals surface area contributed by atoms with E-state index in [0.29, 0.717) is 9.80 Å². The number of hydrogen-bond acceptors (Lipinski definition) is 8. The molecule has 0 aromatic carbocycles. The van der Waals surface area contributed by atoms with E-state index in [2.05, 4.69) is 0 Å². The molecule has 6 fully saturated rings. The minimum Gasteiger partial charge on any atom is -0.282 e. The Bertz CT molecular complexity index is 1240. The number of imide groups is 4. The number of carbonyl (C=O) groups excluding carboxylic acids is 8. The Hall–Kier alpha value is -3.51. The van der Waals surface area contributed by atoms with Crippen LogP contribution in [-0.4, -0.2) is 86.9 Å². The molecule has 0 aromatic heterocycles. The van der Waals surface area contributed by atoms with Crippen LogP contribution in [0.15, 0.2) is 0 Å². The Morgan fingerprint density at radius 3 is 1.14 bits per heavy atom. The lowest BCUT2D eigenvalue weighted by Crippen LogP contribution is -2.77. The molecule has 0 N–H and O–H groups in total. The van der Waals surface area contributed by atoms with Gasteiger partial charge in [0.1, 0.15) is 6.67 Å². The van der Waals surface area contributed by atoms with Crippen LogP contribution in [0, 0.1) is 45.3 Å². The average molecular weight is 516 g/mol. The number of amides is 8. The summed E-state index contributed by atoms with van der Waals surface area (Å²) in [7, 11) is 0. The average Bonchev–Trinajstić information content (AvgIpc) is 3.28. The van der Waals surface area contributed by atoms with Crippen molar-refractivity contribution in [3.8, 4) is 0 Å². The molecule has 4 aliphatic heterocycles. The molecule has 0 spiro atoms. The molecule has 0 bridgehead atoms. The van der Waals surface area contributed by atoms with Gasteiger partial charge in [-0.1, -0.05) is 0 Å². The van der Waals surface area contributed by atoms with Gasteiger partial charge in [-0.05, 0) is 34.6 Å². The normalized spacial score (nSPS) is 46.0. The number of likely N-dealkylation sites (tertiary alicyclic amines) is 4. The Kier molecular flexibility index (Phi) is 4.07.